The molecule has 2 rings (SSSR count). The minimum atomic E-state index is -0.557. The first kappa shape index (κ1) is 17.7. The highest BCUT2D eigenvalue weighted by molar-refractivity contribution is 6.00. The Hall–Kier alpha value is -2.62. The number of hydrogen-bond acceptors (Lipinski definition) is 2. The van der Waals surface area contributed by atoms with Gasteiger partial charge in [-0.2, -0.15) is 0 Å². The largest absolute Gasteiger partial charge is 0.273 e. The Morgan fingerprint density at radius 2 is 1.58 bits per heavy atom. The van der Waals surface area contributed by atoms with E-state index in [1.165, 1.54) is 5.01 Å². The number of hydrazine groups is 1. The quantitative estimate of drug-likeness (QED) is 0.852. The van der Waals surface area contributed by atoms with Gasteiger partial charge < -0.3 is 0 Å². The van der Waals surface area contributed by atoms with E-state index in [1.807, 2.05) is 52.8 Å². The molecule has 0 aliphatic carbocycles. The number of carbonyl (C=O) groups excluding carboxylic acids is 2. The summed E-state index contributed by atoms with van der Waals surface area (Å²) in [6, 6.07) is 14.5. The zero-order valence-corrected chi connectivity index (χ0v) is 14.9. The third-order valence-electron chi connectivity index (χ3n) is 3.74. The van der Waals surface area contributed by atoms with Crippen LogP contribution in [0.2, 0.25) is 0 Å². The van der Waals surface area contributed by atoms with E-state index in [0.717, 1.165) is 11.1 Å². The monoisotopic (exact) mass is 324 g/mol. The van der Waals surface area contributed by atoms with E-state index in [-0.39, 0.29) is 11.8 Å². The zero-order valence-electron chi connectivity index (χ0n) is 14.9. The summed E-state index contributed by atoms with van der Waals surface area (Å²) in [5, 5.41) is 1.40. The molecule has 4 heteroatoms. The van der Waals surface area contributed by atoms with Gasteiger partial charge in [-0.05, 0) is 58.4 Å². The molecule has 0 atom stereocenters. The van der Waals surface area contributed by atoms with Crippen molar-refractivity contribution >= 4 is 11.8 Å². The fourth-order valence-electron chi connectivity index (χ4n) is 2.45. The van der Waals surface area contributed by atoms with E-state index in [0.29, 0.717) is 11.1 Å². The molecule has 1 N–H and O–H groups in total. The van der Waals surface area contributed by atoms with Crippen LogP contribution >= 0.6 is 0 Å². The van der Waals surface area contributed by atoms with Gasteiger partial charge in [-0.1, -0.05) is 35.9 Å². The second kappa shape index (κ2) is 6.87. The van der Waals surface area contributed by atoms with Crippen LogP contribution in [-0.4, -0.2) is 22.4 Å². The van der Waals surface area contributed by atoms with Crippen LogP contribution in [0.25, 0.3) is 0 Å². The van der Waals surface area contributed by atoms with Crippen LogP contribution in [0.5, 0.6) is 0 Å². The topological polar surface area (TPSA) is 49.4 Å². The highest BCUT2D eigenvalue weighted by Gasteiger charge is 2.30. The number of nitrogens with zero attached hydrogens (tertiary/aromatic N) is 1. The molecule has 24 heavy (non-hydrogen) atoms. The predicted octanol–water partition coefficient (Wildman–Crippen LogP) is 3.89. The molecule has 0 saturated heterocycles. The van der Waals surface area contributed by atoms with Crippen molar-refractivity contribution in [3.63, 3.8) is 0 Å². The Balaban J connectivity index is 2.32. The maximum atomic E-state index is 13.0. The molecule has 0 aliphatic rings. The van der Waals surface area contributed by atoms with Crippen molar-refractivity contribution in [2.75, 3.05) is 0 Å². The summed E-state index contributed by atoms with van der Waals surface area (Å²) in [5.41, 5.74) is 5.29. The number of hydrogen-bond donors (Lipinski definition) is 1. The van der Waals surface area contributed by atoms with Crippen LogP contribution in [0, 0.1) is 13.8 Å². The Kier molecular flexibility index (Phi) is 5.07. The molecular formula is C20H24N2O2. The van der Waals surface area contributed by atoms with E-state index in [1.54, 1.807) is 30.3 Å². The lowest BCUT2D eigenvalue weighted by Gasteiger charge is -2.35. The smallest absolute Gasteiger partial charge is 0.267 e. The van der Waals surface area contributed by atoms with Gasteiger partial charge in [0.15, 0.2) is 0 Å². The van der Waals surface area contributed by atoms with Crippen LogP contribution in [0.1, 0.15) is 52.6 Å². The first-order valence-electron chi connectivity index (χ1n) is 7.98. The average molecular weight is 324 g/mol. The fourth-order valence-corrected chi connectivity index (χ4v) is 2.45. The maximum absolute atomic E-state index is 13.0. The van der Waals surface area contributed by atoms with E-state index in [4.69, 9.17) is 0 Å². The number of amides is 2. The third kappa shape index (κ3) is 4.02. The van der Waals surface area contributed by atoms with Gasteiger partial charge >= 0.3 is 0 Å². The Labute approximate surface area is 143 Å². The highest BCUT2D eigenvalue weighted by atomic mass is 16.2. The van der Waals surface area contributed by atoms with Gasteiger partial charge in [0, 0.05) is 11.1 Å². The SMILES string of the molecule is Cc1ccc(C(=O)N(NC(=O)c2ccccc2)C(C)(C)C)c(C)c1. The summed E-state index contributed by atoms with van der Waals surface area (Å²) >= 11 is 0. The molecule has 2 aromatic carbocycles. The molecule has 0 fully saturated rings. The summed E-state index contributed by atoms with van der Waals surface area (Å²) in [6.07, 6.45) is 0. The van der Waals surface area contributed by atoms with Crippen molar-refractivity contribution in [2.24, 2.45) is 0 Å². The molecule has 0 aromatic heterocycles. The summed E-state index contributed by atoms with van der Waals surface area (Å²) < 4.78 is 0. The Bertz CT molecular complexity index is 746. The third-order valence-corrected chi connectivity index (χ3v) is 3.74. The second-order valence-electron chi connectivity index (χ2n) is 6.94. The lowest BCUT2D eigenvalue weighted by atomic mass is 10.0. The van der Waals surface area contributed by atoms with Crippen molar-refractivity contribution in [3.8, 4) is 0 Å². The van der Waals surface area contributed by atoms with Gasteiger partial charge in [-0.15, -0.1) is 0 Å². The number of nitrogens with one attached hydrogen (secondary N) is 1. The van der Waals surface area contributed by atoms with E-state index < -0.39 is 5.54 Å². The zero-order chi connectivity index (χ0) is 17.9. The van der Waals surface area contributed by atoms with E-state index in [9.17, 15) is 9.59 Å². The van der Waals surface area contributed by atoms with Crippen molar-refractivity contribution < 1.29 is 9.59 Å². The second-order valence-corrected chi connectivity index (χ2v) is 6.94. The van der Waals surface area contributed by atoms with Crippen LogP contribution in [0.15, 0.2) is 48.5 Å². The average Bonchev–Trinajstić information content (AvgIpc) is 2.51. The number of aryl methyl sites for hydroxylation is 2. The van der Waals surface area contributed by atoms with Gasteiger partial charge in [-0.3, -0.25) is 15.0 Å². The van der Waals surface area contributed by atoms with Crippen molar-refractivity contribution in [2.45, 2.75) is 40.2 Å². The van der Waals surface area contributed by atoms with Crippen molar-refractivity contribution in [3.05, 3.63) is 70.8 Å². The molecule has 0 bridgehead atoms. The molecular weight excluding hydrogens is 300 g/mol. The van der Waals surface area contributed by atoms with Crippen LogP contribution in [0.3, 0.4) is 0 Å². The van der Waals surface area contributed by atoms with Crippen LogP contribution in [0.4, 0.5) is 0 Å². The number of benzene rings is 2. The Morgan fingerprint density at radius 3 is 2.12 bits per heavy atom. The fraction of sp³-hybridized carbons (Fsp3) is 0.300. The van der Waals surface area contributed by atoms with E-state index >= 15 is 0 Å². The minimum absolute atomic E-state index is 0.218. The van der Waals surface area contributed by atoms with Crippen molar-refractivity contribution in [1.82, 2.24) is 10.4 Å². The first-order chi connectivity index (χ1) is 11.2. The lowest BCUT2D eigenvalue weighted by Crippen LogP contribution is -2.56. The highest BCUT2D eigenvalue weighted by Crippen LogP contribution is 2.19. The minimum Gasteiger partial charge on any atom is -0.267 e. The molecule has 0 radical (unpaired) electrons. The predicted molar refractivity (Wildman–Crippen MR) is 95.7 cm³/mol. The maximum Gasteiger partial charge on any atom is 0.273 e. The molecule has 2 aromatic rings. The molecule has 0 spiro atoms. The molecule has 0 heterocycles. The molecule has 0 saturated carbocycles. The summed E-state index contributed by atoms with van der Waals surface area (Å²) in [7, 11) is 0. The molecule has 0 aliphatic heterocycles. The molecule has 4 nitrogen and oxygen atoms in total. The summed E-state index contributed by atoms with van der Waals surface area (Å²) in [6.45, 7) is 9.55. The van der Waals surface area contributed by atoms with Gasteiger partial charge in [0.1, 0.15) is 0 Å². The molecule has 2 amide bonds. The van der Waals surface area contributed by atoms with Gasteiger partial charge in [-0.25, -0.2) is 5.01 Å². The summed E-state index contributed by atoms with van der Waals surface area (Å²) in [5.74, 6) is -0.520. The Morgan fingerprint density at radius 1 is 0.958 bits per heavy atom. The molecule has 126 valence electrons. The van der Waals surface area contributed by atoms with Crippen LogP contribution < -0.4 is 5.43 Å². The lowest BCUT2D eigenvalue weighted by molar-refractivity contribution is 0.0358. The first-order valence-corrected chi connectivity index (χ1v) is 7.98. The normalized spacial score (nSPS) is 11.0. The van der Waals surface area contributed by atoms with Crippen molar-refractivity contribution in [1.29, 1.82) is 0 Å². The standard InChI is InChI=1S/C20H24N2O2/c1-14-11-12-17(15(2)13-14)19(24)22(20(3,4)5)21-18(23)16-9-7-6-8-10-16/h6-13H,1-5H3,(H,21,23). The van der Waals surface area contributed by atoms with Gasteiger partial charge in [0.2, 0.25) is 0 Å². The van der Waals surface area contributed by atoms with Crippen LogP contribution in [-0.2, 0) is 0 Å². The number of rotatable bonds is 2. The van der Waals surface area contributed by atoms with E-state index in [2.05, 4.69) is 5.43 Å². The number of carbonyl (C=O) groups is 2. The van der Waals surface area contributed by atoms with Gasteiger partial charge in [0.25, 0.3) is 11.8 Å². The van der Waals surface area contributed by atoms with Gasteiger partial charge in [0.05, 0.1) is 5.54 Å². The summed E-state index contributed by atoms with van der Waals surface area (Å²) in [4.78, 5) is 25.5. The molecule has 0 unspecified atom stereocenters.